The first-order valence-electron chi connectivity index (χ1n) is 5.72. The first-order chi connectivity index (χ1) is 6.72. The van der Waals surface area contributed by atoms with E-state index in [1.165, 1.54) is 19.5 Å². The van der Waals surface area contributed by atoms with Crippen molar-refractivity contribution in [1.82, 2.24) is 4.90 Å². The molecule has 92 valence electrons. The van der Waals surface area contributed by atoms with Gasteiger partial charge in [0.1, 0.15) is 0 Å². The summed E-state index contributed by atoms with van der Waals surface area (Å²) in [7, 11) is 0. The molecule has 0 amide bonds. The van der Waals surface area contributed by atoms with Gasteiger partial charge in [-0.2, -0.15) is 0 Å². The Hall–Kier alpha value is 0.170. The van der Waals surface area contributed by atoms with Crippen molar-refractivity contribution in [2.24, 2.45) is 17.6 Å². The van der Waals surface area contributed by atoms with Crippen molar-refractivity contribution in [2.45, 2.75) is 20.3 Å². The van der Waals surface area contributed by atoms with Gasteiger partial charge in [0.25, 0.3) is 0 Å². The summed E-state index contributed by atoms with van der Waals surface area (Å²) in [6.07, 6.45) is 1.26. The van der Waals surface area contributed by atoms with Gasteiger partial charge in [-0.15, -0.1) is 12.4 Å². The molecule has 0 bridgehead atoms. The molecule has 0 aromatic heterocycles. The van der Waals surface area contributed by atoms with Crippen LogP contribution in [0.3, 0.4) is 0 Å². The molecular weight excluding hydrogens is 212 g/mol. The lowest BCUT2D eigenvalue weighted by Gasteiger charge is -2.16. The summed E-state index contributed by atoms with van der Waals surface area (Å²) in [6.45, 7) is 10.4. The van der Waals surface area contributed by atoms with Crippen LogP contribution in [0.1, 0.15) is 20.3 Å². The number of ether oxygens (including phenoxy) is 1. The highest BCUT2D eigenvalue weighted by Gasteiger charge is 2.20. The molecule has 2 N–H and O–H groups in total. The van der Waals surface area contributed by atoms with Gasteiger partial charge in [0.15, 0.2) is 0 Å². The summed E-state index contributed by atoms with van der Waals surface area (Å²) in [5.74, 6) is 1.37. The lowest BCUT2D eigenvalue weighted by atomic mass is 10.1. The number of hydrogen-bond acceptors (Lipinski definition) is 3. The fourth-order valence-electron chi connectivity index (χ4n) is 1.82. The van der Waals surface area contributed by atoms with Crippen molar-refractivity contribution in [3.05, 3.63) is 0 Å². The van der Waals surface area contributed by atoms with Crippen LogP contribution in [0.25, 0.3) is 0 Å². The molecule has 0 saturated carbocycles. The van der Waals surface area contributed by atoms with E-state index in [-0.39, 0.29) is 12.4 Å². The second kappa shape index (κ2) is 8.34. The van der Waals surface area contributed by atoms with E-state index in [0.717, 1.165) is 32.2 Å². The summed E-state index contributed by atoms with van der Waals surface area (Å²) in [6, 6.07) is 0. The van der Waals surface area contributed by atoms with Crippen LogP contribution in [0.2, 0.25) is 0 Å². The van der Waals surface area contributed by atoms with E-state index in [1.807, 2.05) is 0 Å². The number of hydrogen-bond donors (Lipinski definition) is 1. The van der Waals surface area contributed by atoms with Crippen molar-refractivity contribution >= 4 is 12.4 Å². The standard InChI is InChI=1S/C11H24N2O.ClH/c1-10(2)9-14-6-5-13-4-3-11(7-12)8-13;/h10-11H,3-9,12H2,1-2H3;1H. The van der Waals surface area contributed by atoms with Crippen molar-refractivity contribution in [1.29, 1.82) is 0 Å². The second-order valence-corrected chi connectivity index (χ2v) is 4.66. The Balaban J connectivity index is 0.00000196. The smallest absolute Gasteiger partial charge is 0.0593 e. The maximum Gasteiger partial charge on any atom is 0.0593 e. The van der Waals surface area contributed by atoms with Gasteiger partial charge in [0, 0.05) is 19.7 Å². The van der Waals surface area contributed by atoms with Crippen LogP contribution in [0.15, 0.2) is 0 Å². The Bertz CT molecular complexity index is 156. The average Bonchev–Trinajstić information content (AvgIpc) is 2.60. The van der Waals surface area contributed by atoms with E-state index in [0.29, 0.717) is 5.92 Å². The van der Waals surface area contributed by atoms with Gasteiger partial charge in [-0.1, -0.05) is 13.8 Å². The maximum atomic E-state index is 5.63. The third kappa shape index (κ3) is 6.36. The molecule has 0 aromatic rings. The lowest BCUT2D eigenvalue weighted by Crippen LogP contribution is -2.27. The monoisotopic (exact) mass is 236 g/mol. The first kappa shape index (κ1) is 15.2. The minimum absolute atomic E-state index is 0. The highest BCUT2D eigenvalue weighted by atomic mass is 35.5. The quantitative estimate of drug-likeness (QED) is 0.708. The van der Waals surface area contributed by atoms with Crippen molar-refractivity contribution in [3.8, 4) is 0 Å². The molecule has 1 fully saturated rings. The fraction of sp³-hybridized carbons (Fsp3) is 1.00. The molecule has 1 heterocycles. The molecular formula is C11H25ClN2O. The van der Waals surface area contributed by atoms with Gasteiger partial charge in [-0.25, -0.2) is 0 Å². The molecule has 0 aromatic carbocycles. The zero-order valence-corrected chi connectivity index (χ0v) is 10.8. The Labute approximate surface area is 99.7 Å². The molecule has 1 aliphatic rings. The number of nitrogens with two attached hydrogens (primary N) is 1. The summed E-state index contributed by atoms with van der Waals surface area (Å²) in [5.41, 5.74) is 5.63. The molecule has 3 nitrogen and oxygen atoms in total. The molecule has 0 radical (unpaired) electrons. The molecule has 4 heteroatoms. The van der Waals surface area contributed by atoms with Crippen LogP contribution in [-0.2, 0) is 4.74 Å². The third-order valence-corrected chi connectivity index (χ3v) is 2.71. The van der Waals surface area contributed by atoms with Crippen molar-refractivity contribution in [3.63, 3.8) is 0 Å². The molecule has 1 unspecified atom stereocenters. The van der Waals surface area contributed by atoms with Gasteiger partial charge in [0.05, 0.1) is 6.61 Å². The van der Waals surface area contributed by atoms with Gasteiger partial charge < -0.3 is 15.4 Å². The van der Waals surface area contributed by atoms with Crippen molar-refractivity contribution < 1.29 is 4.74 Å². The van der Waals surface area contributed by atoms with E-state index in [4.69, 9.17) is 10.5 Å². The maximum absolute atomic E-state index is 5.63. The Morgan fingerprint density at radius 3 is 2.73 bits per heavy atom. The van der Waals surface area contributed by atoms with Gasteiger partial charge in [-0.3, -0.25) is 0 Å². The van der Waals surface area contributed by atoms with E-state index >= 15 is 0 Å². The van der Waals surface area contributed by atoms with E-state index in [9.17, 15) is 0 Å². The Morgan fingerprint density at radius 1 is 1.47 bits per heavy atom. The van der Waals surface area contributed by atoms with E-state index in [1.54, 1.807) is 0 Å². The van der Waals surface area contributed by atoms with Crippen LogP contribution in [0, 0.1) is 11.8 Å². The molecule has 1 aliphatic heterocycles. The van der Waals surface area contributed by atoms with E-state index in [2.05, 4.69) is 18.7 Å². The SMILES string of the molecule is CC(C)COCCN1CCC(CN)C1.Cl. The highest BCUT2D eigenvalue weighted by Crippen LogP contribution is 2.13. The minimum Gasteiger partial charge on any atom is -0.380 e. The van der Waals surface area contributed by atoms with Crippen LogP contribution >= 0.6 is 12.4 Å². The first-order valence-corrected chi connectivity index (χ1v) is 5.72. The Morgan fingerprint density at radius 2 is 2.20 bits per heavy atom. The zero-order chi connectivity index (χ0) is 10.4. The number of nitrogens with zero attached hydrogens (tertiary/aromatic N) is 1. The van der Waals surface area contributed by atoms with Gasteiger partial charge in [-0.05, 0) is 31.3 Å². The number of halogens is 1. The van der Waals surface area contributed by atoms with Crippen LogP contribution in [-0.4, -0.2) is 44.3 Å². The van der Waals surface area contributed by atoms with Gasteiger partial charge in [0.2, 0.25) is 0 Å². The van der Waals surface area contributed by atoms with Crippen molar-refractivity contribution in [2.75, 3.05) is 39.4 Å². The average molecular weight is 237 g/mol. The summed E-state index contributed by atoms with van der Waals surface area (Å²) in [4.78, 5) is 2.46. The molecule has 1 atom stereocenters. The molecule has 1 rings (SSSR count). The molecule has 15 heavy (non-hydrogen) atoms. The fourth-order valence-corrected chi connectivity index (χ4v) is 1.82. The highest BCUT2D eigenvalue weighted by molar-refractivity contribution is 5.85. The number of rotatable bonds is 6. The summed E-state index contributed by atoms with van der Waals surface area (Å²) >= 11 is 0. The predicted octanol–water partition coefficient (Wildman–Crippen LogP) is 1.36. The number of likely N-dealkylation sites (tertiary alicyclic amines) is 1. The predicted molar refractivity (Wildman–Crippen MR) is 66.5 cm³/mol. The largest absolute Gasteiger partial charge is 0.380 e. The third-order valence-electron chi connectivity index (χ3n) is 2.71. The Kier molecular flexibility index (Phi) is 8.43. The minimum atomic E-state index is 0. The van der Waals surface area contributed by atoms with Crippen LogP contribution in [0.5, 0.6) is 0 Å². The van der Waals surface area contributed by atoms with Crippen LogP contribution < -0.4 is 5.73 Å². The van der Waals surface area contributed by atoms with E-state index < -0.39 is 0 Å². The second-order valence-electron chi connectivity index (χ2n) is 4.66. The normalized spacial score (nSPS) is 22.0. The molecule has 0 spiro atoms. The summed E-state index contributed by atoms with van der Waals surface area (Å²) < 4.78 is 5.55. The van der Waals surface area contributed by atoms with Gasteiger partial charge >= 0.3 is 0 Å². The lowest BCUT2D eigenvalue weighted by molar-refractivity contribution is 0.0904. The van der Waals surface area contributed by atoms with Crippen LogP contribution in [0.4, 0.5) is 0 Å². The molecule has 0 aliphatic carbocycles. The molecule has 1 saturated heterocycles. The topological polar surface area (TPSA) is 38.5 Å². The summed E-state index contributed by atoms with van der Waals surface area (Å²) in [5, 5.41) is 0. The zero-order valence-electron chi connectivity index (χ0n) is 9.95.